The summed E-state index contributed by atoms with van der Waals surface area (Å²) in [5, 5.41) is 3.02. The van der Waals surface area contributed by atoms with E-state index in [4.69, 9.17) is 18.9 Å². The number of urea groups is 1. The van der Waals surface area contributed by atoms with Crippen molar-refractivity contribution in [2.45, 2.75) is 18.9 Å². The van der Waals surface area contributed by atoms with E-state index in [-0.39, 0.29) is 12.1 Å². The number of hydrogen-bond donors (Lipinski definition) is 1. The molecule has 3 rings (SSSR count). The van der Waals surface area contributed by atoms with Crippen LogP contribution in [0.2, 0.25) is 0 Å². The van der Waals surface area contributed by atoms with E-state index < -0.39 is 0 Å². The van der Waals surface area contributed by atoms with Gasteiger partial charge in [0.1, 0.15) is 0 Å². The van der Waals surface area contributed by atoms with Crippen LogP contribution in [0.5, 0.6) is 11.5 Å². The molecule has 28 heavy (non-hydrogen) atoms. The molecule has 156 valence electrons. The van der Waals surface area contributed by atoms with Crippen molar-refractivity contribution in [3.05, 3.63) is 18.2 Å². The summed E-state index contributed by atoms with van der Waals surface area (Å²) in [7, 11) is 3.16. The Balaban J connectivity index is 1.70. The van der Waals surface area contributed by atoms with Gasteiger partial charge in [0.15, 0.2) is 11.5 Å². The Morgan fingerprint density at radius 1 is 1.14 bits per heavy atom. The van der Waals surface area contributed by atoms with E-state index in [2.05, 4.69) is 10.2 Å². The minimum absolute atomic E-state index is 0.119. The zero-order chi connectivity index (χ0) is 19.8. The Kier molecular flexibility index (Phi) is 7.76. The maximum atomic E-state index is 13.2. The molecule has 0 spiro atoms. The van der Waals surface area contributed by atoms with Crippen LogP contribution >= 0.6 is 0 Å². The first-order chi connectivity index (χ1) is 13.7. The van der Waals surface area contributed by atoms with Gasteiger partial charge in [-0.1, -0.05) is 6.07 Å². The van der Waals surface area contributed by atoms with E-state index in [0.717, 1.165) is 45.7 Å². The zero-order valence-corrected chi connectivity index (χ0v) is 16.8. The summed E-state index contributed by atoms with van der Waals surface area (Å²) in [6.45, 7) is 6.21. The minimum Gasteiger partial charge on any atom is -0.493 e. The van der Waals surface area contributed by atoms with Crippen LogP contribution in [0, 0.1) is 0 Å². The molecule has 2 heterocycles. The average molecular weight is 393 g/mol. The number of nitrogens with zero attached hydrogens (tertiary/aromatic N) is 2. The fourth-order valence-electron chi connectivity index (χ4n) is 3.69. The molecule has 2 fully saturated rings. The average Bonchev–Trinajstić information content (AvgIpc) is 2.75. The van der Waals surface area contributed by atoms with Gasteiger partial charge < -0.3 is 29.2 Å². The molecule has 0 aromatic heterocycles. The van der Waals surface area contributed by atoms with Crippen molar-refractivity contribution < 1.29 is 23.7 Å². The molecule has 2 amide bonds. The van der Waals surface area contributed by atoms with Crippen LogP contribution in [0.25, 0.3) is 0 Å². The lowest BCUT2D eigenvalue weighted by Crippen LogP contribution is -2.49. The van der Waals surface area contributed by atoms with Crippen LogP contribution in [-0.4, -0.2) is 88.7 Å². The molecule has 1 aromatic rings. The number of methoxy groups -OCH3 is 2. The van der Waals surface area contributed by atoms with Crippen LogP contribution < -0.4 is 14.8 Å². The quantitative estimate of drug-likeness (QED) is 0.764. The number of hydrogen-bond acceptors (Lipinski definition) is 6. The summed E-state index contributed by atoms with van der Waals surface area (Å²) in [5.41, 5.74) is 0.607. The first-order valence-corrected chi connectivity index (χ1v) is 9.89. The molecular weight excluding hydrogens is 362 g/mol. The Morgan fingerprint density at radius 3 is 2.54 bits per heavy atom. The predicted octanol–water partition coefficient (Wildman–Crippen LogP) is 2.05. The highest BCUT2D eigenvalue weighted by Gasteiger charge is 2.27. The van der Waals surface area contributed by atoms with Crippen molar-refractivity contribution in [2.24, 2.45) is 0 Å². The molecule has 0 atom stereocenters. The topological polar surface area (TPSA) is 72.5 Å². The number of amides is 2. The minimum atomic E-state index is -0.119. The fourth-order valence-corrected chi connectivity index (χ4v) is 3.69. The molecule has 0 radical (unpaired) electrons. The molecule has 0 aliphatic carbocycles. The molecule has 2 aliphatic heterocycles. The Morgan fingerprint density at radius 2 is 1.86 bits per heavy atom. The van der Waals surface area contributed by atoms with E-state index >= 15 is 0 Å². The summed E-state index contributed by atoms with van der Waals surface area (Å²) in [6.07, 6.45) is 1.71. The van der Waals surface area contributed by atoms with E-state index in [9.17, 15) is 4.79 Å². The molecule has 1 N–H and O–H groups in total. The normalized spacial score (nSPS) is 18.5. The third-order valence-corrected chi connectivity index (χ3v) is 5.30. The largest absolute Gasteiger partial charge is 0.493 e. The molecule has 2 aliphatic rings. The van der Waals surface area contributed by atoms with Crippen molar-refractivity contribution in [1.29, 1.82) is 0 Å². The number of carbonyl (C=O) groups is 1. The Bertz CT molecular complexity index is 630. The highest BCUT2D eigenvalue weighted by molar-refractivity contribution is 5.92. The number of para-hydroxylation sites is 1. The summed E-state index contributed by atoms with van der Waals surface area (Å²) >= 11 is 0. The summed E-state index contributed by atoms with van der Waals surface area (Å²) in [5.74, 6) is 1.12. The number of anilines is 1. The third-order valence-electron chi connectivity index (χ3n) is 5.30. The van der Waals surface area contributed by atoms with Crippen molar-refractivity contribution >= 4 is 11.7 Å². The molecule has 8 nitrogen and oxygen atoms in total. The monoisotopic (exact) mass is 393 g/mol. The second-order valence-corrected chi connectivity index (χ2v) is 6.96. The maximum Gasteiger partial charge on any atom is 0.322 e. The number of benzene rings is 1. The SMILES string of the molecule is COc1cccc(NC(=O)N(CCN2CCOCC2)C2CCOCC2)c1OC. The van der Waals surface area contributed by atoms with Crippen LogP contribution in [0.4, 0.5) is 10.5 Å². The molecule has 8 heteroatoms. The first kappa shape index (κ1) is 20.7. The van der Waals surface area contributed by atoms with Crippen LogP contribution in [0.3, 0.4) is 0 Å². The molecule has 0 bridgehead atoms. The van der Waals surface area contributed by atoms with E-state index in [0.29, 0.717) is 36.9 Å². The number of morpholine rings is 1. The molecule has 0 unspecified atom stereocenters. The number of rotatable bonds is 7. The smallest absolute Gasteiger partial charge is 0.322 e. The summed E-state index contributed by atoms with van der Waals surface area (Å²) in [6, 6.07) is 5.52. The van der Waals surface area contributed by atoms with Crippen molar-refractivity contribution in [1.82, 2.24) is 9.80 Å². The van der Waals surface area contributed by atoms with Crippen molar-refractivity contribution in [2.75, 3.05) is 72.1 Å². The highest BCUT2D eigenvalue weighted by atomic mass is 16.5. The fraction of sp³-hybridized carbons (Fsp3) is 0.650. The zero-order valence-electron chi connectivity index (χ0n) is 16.8. The second-order valence-electron chi connectivity index (χ2n) is 6.96. The van der Waals surface area contributed by atoms with E-state index in [1.807, 2.05) is 23.1 Å². The van der Waals surface area contributed by atoms with Gasteiger partial charge in [0.05, 0.1) is 33.1 Å². The molecule has 2 saturated heterocycles. The molecule has 1 aromatic carbocycles. The summed E-state index contributed by atoms with van der Waals surface area (Å²) in [4.78, 5) is 17.5. The number of ether oxygens (including phenoxy) is 4. The lowest BCUT2D eigenvalue weighted by atomic mass is 10.1. The second kappa shape index (κ2) is 10.5. The number of nitrogens with one attached hydrogen (secondary N) is 1. The van der Waals surface area contributed by atoms with E-state index in [1.165, 1.54) is 0 Å². The van der Waals surface area contributed by atoms with Crippen molar-refractivity contribution in [3.8, 4) is 11.5 Å². The highest BCUT2D eigenvalue weighted by Crippen LogP contribution is 2.35. The Hall–Kier alpha value is -2.03. The van der Waals surface area contributed by atoms with Crippen LogP contribution in [0.1, 0.15) is 12.8 Å². The standard InChI is InChI=1S/C20H31N3O5/c1-25-18-5-3-4-17(19(18)26-2)21-20(24)23(16-6-12-27-13-7-16)9-8-22-10-14-28-15-11-22/h3-5,16H,6-15H2,1-2H3,(H,21,24). The number of carbonyl (C=O) groups excluding carboxylic acids is 1. The predicted molar refractivity (Wildman–Crippen MR) is 106 cm³/mol. The molecule has 0 saturated carbocycles. The van der Waals surface area contributed by atoms with Gasteiger partial charge in [-0.15, -0.1) is 0 Å². The lowest BCUT2D eigenvalue weighted by molar-refractivity contribution is 0.0238. The van der Waals surface area contributed by atoms with Gasteiger partial charge in [-0.2, -0.15) is 0 Å². The van der Waals surface area contributed by atoms with Crippen LogP contribution in [0.15, 0.2) is 18.2 Å². The van der Waals surface area contributed by atoms with Gasteiger partial charge in [0.25, 0.3) is 0 Å². The lowest BCUT2D eigenvalue weighted by Gasteiger charge is -2.36. The van der Waals surface area contributed by atoms with Crippen molar-refractivity contribution in [3.63, 3.8) is 0 Å². The first-order valence-electron chi connectivity index (χ1n) is 9.89. The van der Waals surface area contributed by atoms with Gasteiger partial charge in [-0.25, -0.2) is 4.79 Å². The van der Waals surface area contributed by atoms with E-state index in [1.54, 1.807) is 14.2 Å². The van der Waals surface area contributed by atoms with Gasteiger partial charge in [0.2, 0.25) is 0 Å². The van der Waals surface area contributed by atoms with Crippen LogP contribution in [-0.2, 0) is 9.47 Å². The summed E-state index contributed by atoms with van der Waals surface area (Å²) < 4.78 is 21.7. The Labute approximate surface area is 166 Å². The van der Waals surface area contributed by atoms with Gasteiger partial charge in [0, 0.05) is 45.4 Å². The molecular formula is C20H31N3O5. The maximum absolute atomic E-state index is 13.2. The third kappa shape index (κ3) is 5.27. The van der Waals surface area contributed by atoms with Gasteiger partial charge >= 0.3 is 6.03 Å². The van der Waals surface area contributed by atoms with Gasteiger partial charge in [-0.3, -0.25) is 4.90 Å². The van der Waals surface area contributed by atoms with Gasteiger partial charge in [-0.05, 0) is 25.0 Å².